The number of hydrogen-bond acceptors (Lipinski definition) is 5. The van der Waals surface area contributed by atoms with Gasteiger partial charge in [-0.15, -0.1) is 0 Å². The first kappa shape index (κ1) is 18.7. The number of rotatable bonds is 6. The van der Waals surface area contributed by atoms with E-state index in [0.29, 0.717) is 6.42 Å². The second kappa shape index (κ2) is 8.09. The molecular weight excluding hydrogens is 262 g/mol. The fourth-order valence-corrected chi connectivity index (χ4v) is 1.65. The van der Waals surface area contributed by atoms with Crippen LogP contribution in [0.5, 0.6) is 0 Å². The number of esters is 1. The van der Waals surface area contributed by atoms with Crippen molar-refractivity contribution in [3.63, 3.8) is 0 Å². The van der Waals surface area contributed by atoms with Crippen molar-refractivity contribution < 1.29 is 23.8 Å². The van der Waals surface area contributed by atoms with E-state index in [2.05, 4.69) is 5.32 Å². The number of nitrogens with one attached hydrogen (secondary N) is 1. The van der Waals surface area contributed by atoms with Crippen LogP contribution >= 0.6 is 0 Å². The van der Waals surface area contributed by atoms with E-state index in [1.807, 2.05) is 6.92 Å². The topological polar surface area (TPSA) is 73.9 Å². The molecule has 0 aromatic carbocycles. The number of hydrogen-bond donors (Lipinski definition) is 1. The molecule has 1 N–H and O–H groups in total. The third-order valence-electron chi connectivity index (χ3n) is 2.87. The van der Waals surface area contributed by atoms with Crippen LogP contribution in [0.2, 0.25) is 0 Å². The van der Waals surface area contributed by atoms with Crippen LogP contribution in [0.3, 0.4) is 0 Å². The Kier molecular flexibility index (Phi) is 7.57. The maximum Gasteiger partial charge on any atom is 0.407 e. The number of carbonyl (C=O) groups is 2. The second-order valence-electron chi connectivity index (χ2n) is 5.85. The third-order valence-corrected chi connectivity index (χ3v) is 2.87. The molecule has 0 aromatic rings. The normalized spacial score (nSPS) is 15.9. The molecule has 0 rings (SSSR count). The molecule has 0 aliphatic rings. The Morgan fingerprint density at radius 3 is 2.10 bits per heavy atom. The molecule has 0 saturated heterocycles. The van der Waals surface area contributed by atoms with Gasteiger partial charge in [0.05, 0.1) is 19.1 Å². The first-order valence-corrected chi connectivity index (χ1v) is 6.70. The van der Waals surface area contributed by atoms with Crippen molar-refractivity contribution in [2.45, 2.75) is 58.8 Å². The van der Waals surface area contributed by atoms with Gasteiger partial charge in [0.25, 0.3) is 0 Å². The van der Waals surface area contributed by atoms with Gasteiger partial charge in [-0.25, -0.2) is 4.79 Å². The van der Waals surface area contributed by atoms with Gasteiger partial charge in [0.1, 0.15) is 5.60 Å². The summed E-state index contributed by atoms with van der Waals surface area (Å²) in [6, 6.07) is -0.410. The predicted octanol–water partition coefficient (Wildman–Crippen LogP) is 2.11. The van der Waals surface area contributed by atoms with Crippen LogP contribution in [0.1, 0.15) is 41.0 Å². The van der Waals surface area contributed by atoms with Gasteiger partial charge >= 0.3 is 12.1 Å². The van der Waals surface area contributed by atoms with Crippen LogP contribution < -0.4 is 5.32 Å². The highest BCUT2D eigenvalue weighted by atomic mass is 16.6. The summed E-state index contributed by atoms with van der Waals surface area (Å²) in [5.41, 5.74) is -0.587. The van der Waals surface area contributed by atoms with Crippen LogP contribution in [-0.2, 0) is 19.0 Å². The molecule has 1 amide bonds. The minimum absolute atomic E-state index is 0.0953. The molecule has 0 aliphatic carbocycles. The smallest absolute Gasteiger partial charge is 0.407 e. The Morgan fingerprint density at radius 1 is 1.15 bits per heavy atom. The molecule has 0 radical (unpaired) electrons. The zero-order valence-electron chi connectivity index (χ0n) is 13.5. The Hall–Kier alpha value is -1.30. The fourth-order valence-electron chi connectivity index (χ4n) is 1.65. The first-order valence-electron chi connectivity index (χ1n) is 6.70. The average Bonchev–Trinajstić information content (AvgIpc) is 2.33. The zero-order valence-corrected chi connectivity index (χ0v) is 13.5. The molecule has 6 heteroatoms. The summed E-state index contributed by atoms with van der Waals surface area (Å²) in [6.45, 7) is 8.92. The Labute approximate surface area is 121 Å². The number of alkyl carbamates (subject to hydrolysis) is 1. The lowest BCUT2D eigenvalue weighted by atomic mass is 9.97. The highest BCUT2D eigenvalue weighted by Crippen LogP contribution is 2.14. The molecule has 6 nitrogen and oxygen atoms in total. The quantitative estimate of drug-likeness (QED) is 0.758. The summed E-state index contributed by atoms with van der Waals surface area (Å²) in [7, 11) is 2.90. The van der Waals surface area contributed by atoms with Crippen molar-refractivity contribution in [2.75, 3.05) is 14.2 Å². The molecule has 0 aromatic heterocycles. The standard InChI is InChI=1S/C14H27NO5/c1-9(18-6)8-11(10(2)12(16)19-7)15-13(17)20-14(3,4)5/h9-11H,8H2,1-7H3,(H,15,17)/t9?,10-,11-/m0/s1. The summed E-state index contributed by atoms with van der Waals surface area (Å²) in [6.07, 6.45) is -0.157. The molecule has 20 heavy (non-hydrogen) atoms. The van der Waals surface area contributed by atoms with Crippen molar-refractivity contribution in [2.24, 2.45) is 5.92 Å². The number of methoxy groups -OCH3 is 2. The van der Waals surface area contributed by atoms with E-state index in [0.717, 1.165) is 0 Å². The Bertz CT molecular complexity index is 324. The lowest BCUT2D eigenvalue weighted by Crippen LogP contribution is -2.46. The van der Waals surface area contributed by atoms with Crippen molar-refractivity contribution in [3.05, 3.63) is 0 Å². The van der Waals surface area contributed by atoms with Gasteiger partial charge in [0, 0.05) is 13.2 Å². The van der Waals surface area contributed by atoms with Crippen molar-refractivity contribution in [3.8, 4) is 0 Å². The summed E-state index contributed by atoms with van der Waals surface area (Å²) in [4.78, 5) is 23.5. The first-order chi connectivity index (χ1) is 9.10. The van der Waals surface area contributed by atoms with Gasteiger partial charge in [-0.3, -0.25) is 4.79 Å². The minimum Gasteiger partial charge on any atom is -0.469 e. The highest BCUT2D eigenvalue weighted by Gasteiger charge is 2.29. The van der Waals surface area contributed by atoms with Crippen LogP contribution in [0.25, 0.3) is 0 Å². The monoisotopic (exact) mass is 289 g/mol. The molecule has 0 fully saturated rings. The summed E-state index contributed by atoms with van der Waals surface area (Å²) < 4.78 is 15.1. The van der Waals surface area contributed by atoms with E-state index >= 15 is 0 Å². The molecule has 1 unspecified atom stereocenters. The maximum atomic E-state index is 11.8. The Balaban J connectivity index is 4.76. The van der Waals surface area contributed by atoms with E-state index in [-0.39, 0.29) is 12.1 Å². The minimum atomic E-state index is -0.587. The molecule has 118 valence electrons. The van der Waals surface area contributed by atoms with Gasteiger partial charge in [0.2, 0.25) is 0 Å². The van der Waals surface area contributed by atoms with Crippen molar-refractivity contribution in [1.29, 1.82) is 0 Å². The van der Waals surface area contributed by atoms with Gasteiger partial charge < -0.3 is 19.5 Å². The van der Waals surface area contributed by atoms with Crippen LogP contribution in [0.15, 0.2) is 0 Å². The molecule has 0 saturated carbocycles. The molecule has 3 atom stereocenters. The van der Waals surface area contributed by atoms with E-state index in [1.54, 1.807) is 34.8 Å². The Morgan fingerprint density at radius 2 is 1.70 bits per heavy atom. The molecule has 0 aliphatic heterocycles. The van der Waals surface area contributed by atoms with Gasteiger partial charge in [0.15, 0.2) is 0 Å². The van der Waals surface area contributed by atoms with Gasteiger partial charge in [-0.1, -0.05) is 0 Å². The van der Waals surface area contributed by atoms with E-state index in [1.165, 1.54) is 7.11 Å². The summed E-state index contributed by atoms with van der Waals surface area (Å²) in [5.74, 6) is -0.862. The molecular formula is C14H27NO5. The van der Waals surface area contributed by atoms with Crippen molar-refractivity contribution in [1.82, 2.24) is 5.32 Å². The van der Waals surface area contributed by atoms with Crippen LogP contribution in [0, 0.1) is 5.92 Å². The third kappa shape index (κ3) is 7.33. The van der Waals surface area contributed by atoms with E-state index < -0.39 is 23.7 Å². The molecule has 0 spiro atoms. The predicted molar refractivity (Wildman–Crippen MR) is 75.4 cm³/mol. The van der Waals surface area contributed by atoms with E-state index in [9.17, 15) is 9.59 Å². The molecule has 0 heterocycles. The van der Waals surface area contributed by atoms with Gasteiger partial charge in [-0.05, 0) is 41.0 Å². The highest BCUT2D eigenvalue weighted by molar-refractivity contribution is 5.74. The largest absolute Gasteiger partial charge is 0.469 e. The van der Waals surface area contributed by atoms with Gasteiger partial charge in [-0.2, -0.15) is 0 Å². The van der Waals surface area contributed by atoms with Crippen LogP contribution in [0.4, 0.5) is 4.79 Å². The van der Waals surface area contributed by atoms with Crippen LogP contribution in [-0.4, -0.2) is 44.0 Å². The molecule has 0 bridgehead atoms. The lowest BCUT2D eigenvalue weighted by molar-refractivity contribution is -0.146. The van der Waals surface area contributed by atoms with Crippen molar-refractivity contribution >= 4 is 12.1 Å². The zero-order chi connectivity index (χ0) is 15.9. The summed E-state index contributed by atoms with van der Waals surface area (Å²) in [5, 5.41) is 2.71. The lowest BCUT2D eigenvalue weighted by Gasteiger charge is -2.27. The van der Waals surface area contributed by atoms with E-state index in [4.69, 9.17) is 14.2 Å². The number of amides is 1. The SMILES string of the molecule is COC(=O)[C@@H](C)[C@H](CC(C)OC)NC(=O)OC(C)(C)C. The summed E-state index contributed by atoms with van der Waals surface area (Å²) >= 11 is 0. The number of ether oxygens (including phenoxy) is 3. The average molecular weight is 289 g/mol. The second-order valence-corrected chi connectivity index (χ2v) is 5.85. The maximum absolute atomic E-state index is 11.8. The fraction of sp³-hybridized carbons (Fsp3) is 0.857. The number of carbonyl (C=O) groups excluding carboxylic acids is 2.